The molecule has 0 bridgehead atoms. The lowest BCUT2D eigenvalue weighted by Crippen LogP contribution is -2.46. The summed E-state index contributed by atoms with van der Waals surface area (Å²) in [5, 5.41) is 11.5. The van der Waals surface area contributed by atoms with Gasteiger partial charge in [-0.05, 0) is 26.4 Å². The van der Waals surface area contributed by atoms with Gasteiger partial charge in [-0.25, -0.2) is 4.79 Å². The van der Waals surface area contributed by atoms with Crippen molar-refractivity contribution >= 4 is 12.0 Å². The molecule has 0 spiro atoms. The molecule has 0 saturated carbocycles. The Morgan fingerprint density at radius 1 is 1.28 bits per heavy atom. The fourth-order valence-corrected chi connectivity index (χ4v) is 2.02. The number of carboxylic acid groups (broad SMARTS) is 1. The summed E-state index contributed by atoms with van der Waals surface area (Å²) < 4.78 is 0. The molecule has 0 aromatic rings. The number of carbonyl (C=O) groups excluding carboxylic acids is 1. The van der Waals surface area contributed by atoms with Crippen LogP contribution in [0.4, 0.5) is 4.79 Å². The lowest BCUT2D eigenvalue weighted by molar-refractivity contribution is -0.137. The molecule has 1 unspecified atom stereocenters. The number of carboxylic acids is 1. The Labute approximate surface area is 108 Å². The number of aliphatic carboxylic acids is 1. The molecule has 1 fully saturated rings. The highest BCUT2D eigenvalue weighted by atomic mass is 16.4. The first-order valence-electron chi connectivity index (χ1n) is 6.48. The second-order valence-corrected chi connectivity index (χ2v) is 4.80. The number of rotatable bonds is 4. The predicted octanol–water partition coefficient (Wildman–Crippen LogP) is 0.587. The number of carbonyl (C=O) groups is 2. The molecule has 18 heavy (non-hydrogen) atoms. The van der Waals surface area contributed by atoms with E-state index in [1.54, 1.807) is 4.90 Å². The summed E-state index contributed by atoms with van der Waals surface area (Å²) in [6, 6.07) is -0.422. The third-order valence-electron chi connectivity index (χ3n) is 3.25. The second-order valence-electron chi connectivity index (χ2n) is 4.80. The van der Waals surface area contributed by atoms with Crippen molar-refractivity contribution in [3.8, 4) is 0 Å². The van der Waals surface area contributed by atoms with Gasteiger partial charge < -0.3 is 20.2 Å². The largest absolute Gasteiger partial charge is 0.481 e. The fraction of sp³-hybridized carbons (Fsp3) is 0.833. The van der Waals surface area contributed by atoms with Crippen LogP contribution in [0.2, 0.25) is 0 Å². The first-order valence-corrected chi connectivity index (χ1v) is 6.48. The topological polar surface area (TPSA) is 72.9 Å². The van der Waals surface area contributed by atoms with Crippen molar-refractivity contribution < 1.29 is 14.7 Å². The summed E-state index contributed by atoms with van der Waals surface area (Å²) in [7, 11) is 2.04. The standard InChI is InChI=1S/C12H23N3O3/c1-3-10(9-11(16)17)13-12(18)15-6-4-5-14(2)7-8-15/h10H,3-9H2,1-2H3,(H,13,18)(H,16,17). The van der Waals surface area contributed by atoms with E-state index in [2.05, 4.69) is 10.2 Å². The predicted molar refractivity (Wildman–Crippen MR) is 68.6 cm³/mol. The molecular weight excluding hydrogens is 234 g/mol. The number of likely N-dealkylation sites (N-methyl/N-ethyl adjacent to an activating group) is 1. The zero-order valence-electron chi connectivity index (χ0n) is 11.2. The molecule has 1 aliphatic rings. The molecular formula is C12H23N3O3. The van der Waals surface area contributed by atoms with E-state index in [4.69, 9.17) is 5.11 Å². The number of urea groups is 1. The van der Waals surface area contributed by atoms with Gasteiger partial charge in [-0.15, -0.1) is 0 Å². The highest BCUT2D eigenvalue weighted by Gasteiger charge is 2.20. The summed E-state index contributed by atoms with van der Waals surface area (Å²) in [6.45, 7) is 5.18. The van der Waals surface area contributed by atoms with Gasteiger partial charge in [0, 0.05) is 25.7 Å². The van der Waals surface area contributed by atoms with Crippen LogP contribution in [0.3, 0.4) is 0 Å². The average Bonchev–Trinajstić information content (AvgIpc) is 2.52. The molecule has 0 aromatic heterocycles. The molecule has 104 valence electrons. The van der Waals surface area contributed by atoms with Crippen molar-refractivity contribution in [3.05, 3.63) is 0 Å². The van der Waals surface area contributed by atoms with E-state index in [0.717, 1.165) is 26.1 Å². The van der Waals surface area contributed by atoms with Crippen molar-refractivity contribution in [1.29, 1.82) is 0 Å². The van der Waals surface area contributed by atoms with E-state index in [1.807, 2.05) is 14.0 Å². The Balaban J connectivity index is 2.45. The van der Waals surface area contributed by atoms with Gasteiger partial charge in [0.1, 0.15) is 0 Å². The van der Waals surface area contributed by atoms with Crippen LogP contribution in [0.15, 0.2) is 0 Å². The van der Waals surface area contributed by atoms with Gasteiger partial charge in [-0.2, -0.15) is 0 Å². The van der Waals surface area contributed by atoms with Crippen molar-refractivity contribution in [2.45, 2.75) is 32.2 Å². The molecule has 0 aliphatic carbocycles. The van der Waals surface area contributed by atoms with Gasteiger partial charge in [0.05, 0.1) is 6.42 Å². The van der Waals surface area contributed by atoms with Crippen molar-refractivity contribution in [1.82, 2.24) is 15.1 Å². The highest BCUT2D eigenvalue weighted by molar-refractivity contribution is 5.76. The molecule has 6 heteroatoms. The summed E-state index contributed by atoms with van der Waals surface area (Å²) in [4.78, 5) is 26.6. The van der Waals surface area contributed by atoms with Crippen LogP contribution in [0, 0.1) is 0 Å². The van der Waals surface area contributed by atoms with Crippen LogP contribution in [0.25, 0.3) is 0 Å². The maximum absolute atomic E-state index is 12.0. The maximum Gasteiger partial charge on any atom is 0.317 e. The molecule has 0 radical (unpaired) electrons. The maximum atomic E-state index is 12.0. The number of amides is 2. The third-order valence-corrected chi connectivity index (χ3v) is 3.25. The lowest BCUT2D eigenvalue weighted by Gasteiger charge is -2.24. The van der Waals surface area contributed by atoms with Gasteiger partial charge >= 0.3 is 12.0 Å². The Hall–Kier alpha value is -1.30. The molecule has 2 N–H and O–H groups in total. The van der Waals surface area contributed by atoms with Gasteiger partial charge in [-0.1, -0.05) is 6.92 Å². The Kier molecular flexibility index (Phi) is 5.91. The van der Waals surface area contributed by atoms with Crippen LogP contribution in [0.1, 0.15) is 26.2 Å². The van der Waals surface area contributed by atoms with Crippen LogP contribution in [-0.4, -0.2) is 66.2 Å². The molecule has 1 rings (SSSR count). The Bertz CT molecular complexity index is 296. The molecule has 0 aromatic carbocycles. The van der Waals surface area contributed by atoms with E-state index in [0.29, 0.717) is 13.0 Å². The minimum Gasteiger partial charge on any atom is -0.481 e. The quantitative estimate of drug-likeness (QED) is 0.773. The smallest absolute Gasteiger partial charge is 0.317 e. The fourth-order valence-electron chi connectivity index (χ4n) is 2.02. The zero-order valence-corrected chi connectivity index (χ0v) is 11.2. The minimum absolute atomic E-state index is 0.0179. The van der Waals surface area contributed by atoms with Crippen molar-refractivity contribution in [2.75, 3.05) is 33.2 Å². The third kappa shape index (κ3) is 4.91. The van der Waals surface area contributed by atoms with Crippen LogP contribution < -0.4 is 5.32 Å². The van der Waals surface area contributed by atoms with Crippen LogP contribution >= 0.6 is 0 Å². The van der Waals surface area contributed by atoms with E-state index in [9.17, 15) is 9.59 Å². The molecule has 1 aliphatic heterocycles. The van der Waals surface area contributed by atoms with Crippen molar-refractivity contribution in [2.24, 2.45) is 0 Å². The van der Waals surface area contributed by atoms with Gasteiger partial charge in [0.2, 0.25) is 0 Å². The van der Waals surface area contributed by atoms with Gasteiger partial charge in [-0.3, -0.25) is 4.79 Å². The lowest BCUT2D eigenvalue weighted by atomic mass is 10.1. The monoisotopic (exact) mass is 257 g/mol. The average molecular weight is 257 g/mol. The van der Waals surface area contributed by atoms with E-state index < -0.39 is 5.97 Å². The van der Waals surface area contributed by atoms with Crippen LogP contribution in [-0.2, 0) is 4.79 Å². The first-order chi connectivity index (χ1) is 8.52. The zero-order chi connectivity index (χ0) is 13.5. The minimum atomic E-state index is -0.877. The molecule has 6 nitrogen and oxygen atoms in total. The second kappa shape index (κ2) is 7.20. The Morgan fingerprint density at radius 3 is 2.61 bits per heavy atom. The normalized spacial score (nSPS) is 19.1. The summed E-state index contributed by atoms with van der Waals surface area (Å²) >= 11 is 0. The SMILES string of the molecule is CCC(CC(=O)O)NC(=O)N1CCCN(C)CC1. The summed E-state index contributed by atoms with van der Waals surface area (Å²) in [5.74, 6) is -0.877. The molecule has 2 amide bonds. The van der Waals surface area contributed by atoms with Crippen molar-refractivity contribution in [3.63, 3.8) is 0 Å². The Morgan fingerprint density at radius 2 is 2.00 bits per heavy atom. The number of nitrogens with zero attached hydrogens (tertiary/aromatic N) is 2. The van der Waals surface area contributed by atoms with Crippen LogP contribution in [0.5, 0.6) is 0 Å². The number of hydrogen-bond acceptors (Lipinski definition) is 3. The highest BCUT2D eigenvalue weighted by Crippen LogP contribution is 2.04. The molecule has 1 heterocycles. The number of nitrogens with one attached hydrogen (secondary N) is 1. The number of hydrogen-bond donors (Lipinski definition) is 2. The first kappa shape index (κ1) is 14.8. The summed E-state index contributed by atoms with van der Waals surface area (Å²) in [6.07, 6.45) is 1.57. The molecule has 1 saturated heterocycles. The summed E-state index contributed by atoms with van der Waals surface area (Å²) in [5.41, 5.74) is 0. The van der Waals surface area contributed by atoms with Gasteiger partial charge in [0.15, 0.2) is 0 Å². The van der Waals surface area contributed by atoms with Gasteiger partial charge in [0.25, 0.3) is 0 Å². The van der Waals surface area contributed by atoms with E-state index in [1.165, 1.54) is 0 Å². The molecule has 1 atom stereocenters. The van der Waals surface area contributed by atoms with E-state index in [-0.39, 0.29) is 18.5 Å². The van der Waals surface area contributed by atoms with E-state index >= 15 is 0 Å².